The first-order valence-electron chi connectivity index (χ1n) is 5.53. The van der Waals surface area contributed by atoms with Crippen LogP contribution in [0.4, 0.5) is 10.5 Å². The number of fused-ring (bicyclic) bond motifs is 1. The van der Waals surface area contributed by atoms with E-state index in [0.717, 1.165) is 11.3 Å². The van der Waals surface area contributed by atoms with E-state index in [-0.39, 0.29) is 16.5 Å². The van der Waals surface area contributed by atoms with Crippen LogP contribution in [0.5, 0.6) is 0 Å². The number of amides is 1. The average Bonchev–Trinajstić information content (AvgIpc) is 2.73. The fourth-order valence-electron chi connectivity index (χ4n) is 1.57. The second-order valence-corrected chi connectivity index (χ2v) is 5.20. The number of carbonyl (C=O) groups is 2. The number of thiophene rings is 1. The molecule has 2 aromatic rings. The van der Waals surface area contributed by atoms with Gasteiger partial charge in [-0.25, -0.2) is 9.59 Å². The molecule has 0 atom stereocenters. The van der Waals surface area contributed by atoms with Gasteiger partial charge in [0, 0.05) is 15.8 Å². The fraction of sp³-hybridized carbons (Fsp3) is 0.0769. The molecule has 1 aromatic heterocycles. The summed E-state index contributed by atoms with van der Waals surface area (Å²) in [6, 6.07) is 4.93. The Labute approximate surface area is 123 Å². The van der Waals surface area contributed by atoms with Gasteiger partial charge in [-0.3, -0.25) is 5.32 Å². The number of aromatic carboxylic acids is 1. The minimum atomic E-state index is -1.07. The van der Waals surface area contributed by atoms with Crippen molar-refractivity contribution in [1.82, 2.24) is 0 Å². The Morgan fingerprint density at radius 1 is 1.50 bits per heavy atom. The van der Waals surface area contributed by atoms with Gasteiger partial charge in [0.25, 0.3) is 0 Å². The predicted molar refractivity (Wildman–Crippen MR) is 79.0 cm³/mol. The van der Waals surface area contributed by atoms with Gasteiger partial charge in [-0.1, -0.05) is 24.3 Å². The number of carboxylic acid groups (broad SMARTS) is 1. The smallest absolute Gasteiger partial charge is 0.411 e. The first kappa shape index (κ1) is 14.4. The van der Waals surface area contributed by atoms with Gasteiger partial charge in [0.1, 0.15) is 11.5 Å². The van der Waals surface area contributed by atoms with Gasteiger partial charge in [-0.2, -0.15) is 0 Å². The Balaban J connectivity index is 2.27. The number of rotatable bonds is 4. The topological polar surface area (TPSA) is 75.6 Å². The number of ether oxygens (including phenoxy) is 1. The Kier molecular flexibility index (Phi) is 4.26. The summed E-state index contributed by atoms with van der Waals surface area (Å²) >= 11 is 7.04. The highest BCUT2D eigenvalue weighted by atomic mass is 35.5. The summed E-state index contributed by atoms with van der Waals surface area (Å²) in [5.74, 6) is -1.07. The van der Waals surface area contributed by atoms with E-state index in [4.69, 9.17) is 21.4 Å². The van der Waals surface area contributed by atoms with Crippen molar-refractivity contribution in [1.29, 1.82) is 0 Å². The summed E-state index contributed by atoms with van der Waals surface area (Å²) in [4.78, 5) is 22.5. The number of nitrogens with one attached hydrogen (secondary N) is 1. The standard InChI is InChI=1S/C13H10ClNO4S/c1-2-5-19-13(18)15-7-3-4-8-9(6-7)20-11(10(8)14)12(16)17/h2-4,6H,1,5H2,(H,15,18)(H,16,17). The first-order valence-corrected chi connectivity index (χ1v) is 6.72. The van der Waals surface area contributed by atoms with Gasteiger partial charge < -0.3 is 9.84 Å². The lowest BCUT2D eigenvalue weighted by Crippen LogP contribution is -2.13. The van der Waals surface area contributed by atoms with Crippen LogP contribution in [0, 0.1) is 0 Å². The van der Waals surface area contributed by atoms with Crippen LogP contribution in [-0.4, -0.2) is 23.8 Å². The predicted octanol–water partition coefficient (Wildman–Crippen LogP) is 3.99. The highest BCUT2D eigenvalue weighted by molar-refractivity contribution is 7.21. The number of carboxylic acids is 1. The normalized spacial score (nSPS) is 10.2. The molecule has 1 heterocycles. The third-order valence-electron chi connectivity index (χ3n) is 2.40. The minimum absolute atomic E-state index is 0.0769. The Morgan fingerprint density at radius 3 is 2.90 bits per heavy atom. The number of benzene rings is 1. The monoisotopic (exact) mass is 311 g/mol. The van der Waals surface area contributed by atoms with Crippen LogP contribution >= 0.6 is 22.9 Å². The van der Waals surface area contributed by atoms with Crippen molar-refractivity contribution >= 4 is 50.8 Å². The van der Waals surface area contributed by atoms with Crippen molar-refractivity contribution in [2.75, 3.05) is 11.9 Å². The molecule has 0 fully saturated rings. The van der Waals surface area contributed by atoms with E-state index in [0.29, 0.717) is 15.8 Å². The minimum Gasteiger partial charge on any atom is -0.477 e. The lowest BCUT2D eigenvalue weighted by Gasteiger charge is -2.05. The number of anilines is 1. The number of halogens is 1. The third kappa shape index (κ3) is 2.92. The molecule has 1 aromatic carbocycles. The lowest BCUT2D eigenvalue weighted by atomic mass is 10.2. The van der Waals surface area contributed by atoms with Crippen molar-refractivity contribution in [3.05, 3.63) is 40.8 Å². The Hall–Kier alpha value is -2.05. The molecule has 0 radical (unpaired) electrons. The SMILES string of the molecule is C=CCOC(=O)Nc1ccc2c(Cl)c(C(=O)O)sc2c1. The van der Waals surface area contributed by atoms with Crippen molar-refractivity contribution in [3.8, 4) is 0 Å². The molecule has 7 heteroatoms. The van der Waals surface area contributed by atoms with Crippen LogP contribution in [0.1, 0.15) is 9.67 Å². The number of hydrogen-bond donors (Lipinski definition) is 2. The summed E-state index contributed by atoms with van der Waals surface area (Å²) in [5.41, 5.74) is 0.501. The molecule has 0 aliphatic rings. The molecule has 0 unspecified atom stereocenters. The first-order chi connectivity index (χ1) is 9.52. The van der Waals surface area contributed by atoms with Crippen molar-refractivity contribution in [2.24, 2.45) is 0 Å². The Morgan fingerprint density at radius 2 is 2.25 bits per heavy atom. The van der Waals surface area contributed by atoms with E-state index in [1.807, 2.05) is 0 Å². The van der Waals surface area contributed by atoms with E-state index < -0.39 is 12.1 Å². The zero-order chi connectivity index (χ0) is 14.7. The largest absolute Gasteiger partial charge is 0.477 e. The molecular formula is C13H10ClNO4S. The molecule has 2 N–H and O–H groups in total. The summed E-state index contributed by atoms with van der Waals surface area (Å²) in [6.45, 7) is 3.55. The molecule has 5 nitrogen and oxygen atoms in total. The van der Waals surface area contributed by atoms with Gasteiger partial charge in [0.15, 0.2) is 0 Å². The van der Waals surface area contributed by atoms with E-state index >= 15 is 0 Å². The van der Waals surface area contributed by atoms with Gasteiger partial charge in [0.05, 0.1) is 5.02 Å². The molecule has 104 valence electrons. The van der Waals surface area contributed by atoms with Gasteiger partial charge >= 0.3 is 12.1 Å². The quantitative estimate of drug-likeness (QED) is 0.837. The van der Waals surface area contributed by atoms with Crippen LogP contribution in [-0.2, 0) is 4.74 Å². The summed E-state index contributed by atoms with van der Waals surface area (Å²) < 4.78 is 5.46. The van der Waals surface area contributed by atoms with Crippen LogP contribution in [0.25, 0.3) is 10.1 Å². The summed E-state index contributed by atoms with van der Waals surface area (Å²) in [7, 11) is 0. The van der Waals surface area contributed by atoms with Crippen molar-refractivity contribution in [2.45, 2.75) is 0 Å². The van der Waals surface area contributed by atoms with Gasteiger partial charge in [-0.15, -0.1) is 11.3 Å². The lowest BCUT2D eigenvalue weighted by molar-refractivity contribution is 0.0702. The Bertz CT molecular complexity index is 695. The fourth-order valence-corrected chi connectivity index (χ4v) is 2.96. The molecule has 0 aliphatic heterocycles. The molecule has 2 rings (SSSR count). The van der Waals surface area contributed by atoms with Gasteiger partial charge in [-0.05, 0) is 18.2 Å². The molecule has 0 spiro atoms. The molecule has 1 amide bonds. The van der Waals surface area contributed by atoms with Crippen LogP contribution in [0.2, 0.25) is 5.02 Å². The van der Waals surface area contributed by atoms with Crippen LogP contribution in [0.15, 0.2) is 30.9 Å². The molecule has 0 bridgehead atoms. The van der Waals surface area contributed by atoms with Gasteiger partial charge in [0.2, 0.25) is 0 Å². The average molecular weight is 312 g/mol. The zero-order valence-electron chi connectivity index (χ0n) is 10.2. The van der Waals surface area contributed by atoms with E-state index in [2.05, 4.69) is 11.9 Å². The maximum atomic E-state index is 11.4. The van der Waals surface area contributed by atoms with E-state index in [1.54, 1.807) is 18.2 Å². The highest BCUT2D eigenvalue weighted by Gasteiger charge is 2.16. The second-order valence-electron chi connectivity index (χ2n) is 3.77. The number of hydrogen-bond acceptors (Lipinski definition) is 4. The maximum absolute atomic E-state index is 11.4. The molecule has 0 saturated heterocycles. The van der Waals surface area contributed by atoms with Crippen molar-refractivity contribution in [3.63, 3.8) is 0 Å². The summed E-state index contributed by atoms with van der Waals surface area (Å²) in [5, 5.41) is 12.4. The molecule has 0 aliphatic carbocycles. The molecular weight excluding hydrogens is 302 g/mol. The molecule has 20 heavy (non-hydrogen) atoms. The van der Waals surface area contributed by atoms with E-state index in [9.17, 15) is 9.59 Å². The highest BCUT2D eigenvalue weighted by Crippen LogP contribution is 2.36. The van der Waals surface area contributed by atoms with Crippen molar-refractivity contribution < 1.29 is 19.4 Å². The van der Waals surface area contributed by atoms with Crippen LogP contribution in [0.3, 0.4) is 0 Å². The molecule has 0 saturated carbocycles. The number of carbonyl (C=O) groups excluding carboxylic acids is 1. The maximum Gasteiger partial charge on any atom is 0.411 e. The summed E-state index contributed by atoms with van der Waals surface area (Å²) in [6.07, 6.45) is 0.853. The third-order valence-corrected chi connectivity index (χ3v) is 4.05. The van der Waals surface area contributed by atoms with Crippen LogP contribution < -0.4 is 5.32 Å². The van der Waals surface area contributed by atoms with E-state index in [1.165, 1.54) is 6.08 Å². The second kappa shape index (κ2) is 5.94. The zero-order valence-corrected chi connectivity index (χ0v) is 11.8.